The molecule has 1 atom stereocenters. The van der Waals surface area contributed by atoms with Gasteiger partial charge >= 0.3 is 5.97 Å². The van der Waals surface area contributed by atoms with Crippen LogP contribution in [0, 0.1) is 20.8 Å². The van der Waals surface area contributed by atoms with Crippen LogP contribution >= 0.6 is 0 Å². The summed E-state index contributed by atoms with van der Waals surface area (Å²) in [5.41, 5.74) is 5.73. The molecule has 1 heterocycles. The average Bonchev–Trinajstić information content (AvgIpc) is 3.20. The van der Waals surface area contributed by atoms with Crippen molar-refractivity contribution in [2.45, 2.75) is 57.9 Å². The number of sulfonamides is 1. The first-order valence-corrected chi connectivity index (χ1v) is 13.8. The molecule has 0 aromatic heterocycles. The minimum atomic E-state index is -3.86. The van der Waals surface area contributed by atoms with Gasteiger partial charge in [-0.2, -0.15) is 0 Å². The Kier molecular flexibility index (Phi) is 7.68. The predicted octanol–water partition coefficient (Wildman–Crippen LogP) is 5.33. The maximum atomic E-state index is 13.5. The van der Waals surface area contributed by atoms with Crippen molar-refractivity contribution < 1.29 is 22.7 Å². The van der Waals surface area contributed by atoms with Crippen LogP contribution in [-0.4, -0.2) is 32.9 Å². The summed E-state index contributed by atoms with van der Waals surface area (Å²) in [5.74, 6) is -0.781. The Morgan fingerprint density at radius 2 is 1.70 bits per heavy atom. The smallest absolute Gasteiger partial charge is 0.338 e. The molecule has 1 N–H and O–H groups in total. The van der Waals surface area contributed by atoms with E-state index in [2.05, 4.69) is 5.32 Å². The first-order chi connectivity index (χ1) is 17.6. The van der Waals surface area contributed by atoms with Crippen LogP contribution in [0.1, 0.15) is 52.4 Å². The van der Waals surface area contributed by atoms with E-state index in [0.717, 1.165) is 27.9 Å². The van der Waals surface area contributed by atoms with Crippen LogP contribution in [0.25, 0.3) is 0 Å². The fourth-order valence-corrected chi connectivity index (χ4v) is 6.60. The van der Waals surface area contributed by atoms with Gasteiger partial charge in [0.2, 0.25) is 5.91 Å². The van der Waals surface area contributed by atoms with Crippen molar-refractivity contribution in [3.8, 4) is 0 Å². The molecule has 1 aliphatic rings. The molecule has 0 spiro atoms. The van der Waals surface area contributed by atoms with Gasteiger partial charge in [-0.15, -0.1) is 0 Å². The number of hydrogen-bond donors (Lipinski definition) is 1. The molecule has 1 aliphatic heterocycles. The molecule has 0 radical (unpaired) electrons. The fourth-order valence-electron chi connectivity index (χ4n) is 4.86. The van der Waals surface area contributed by atoms with Crippen molar-refractivity contribution in [2.24, 2.45) is 0 Å². The zero-order chi connectivity index (χ0) is 26.7. The minimum absolute atomic E-state index is 0.0359. The molecular formula is C29H32N2O5S. The van der Waals surface area contributed by atoms with Crippen LogP contribution in [-0.2, 0) is 26.0 Å². The number of amides is 1. The quantitative estimate of drug-likeness (QED) is 0.320. The number of nitrogens with zero attached hydrogens (tertiary/aromatic N) is 1. The van der Waals surface area contributed by atoms with Gasteiger partial charge < -0.3 is 10.1 Å². The van der Waals surface area contributed by atoms with Gasteiger partial charge in [0.05, 0.1) is 22.8 Å². The van der Waals surface area contributed by atoms with Gasteiger partial charge in [-0.3, -0.25) is 9.10 Å². The number of rotatable bonds is 8. The topological polar surface area (TPSA) is 92.8 Å². The van der Waals surface area contributed by atoms with Gasteiger partial charge in [0.1, 0.15) is 0 Å². The summed E-state index contributed by atoms with van der Waals surface area (Å²) in [7, 11) is -3.86. The Morgan fingerprint density at radius 1 is 1.00 bits per heavy atom. The molecule has 37 heavy (non-hydrogen) atoms. The van der Waals surface area contributed by atoms with Crippen LogP contribution < -0.4 is 9.62 Å². The van der Waals surface area contributed by atoms with Crippen LogP contribution in [0.2, 0.25) is 0 Å². The largest absolute Gasteiger partial charge is 0.462 e. The molecule has 194 valence electrons. The Hall–Kier alpha value is -3.65. The molecule has 0 fully saturated rings. The molecular weight excluding hydrogens is 488 g/mol. The van der Waals surface area contributed by atoms with E-state index in [0.29, 0.717) is 18.5 Å². The van der Waals surface area contributed by atoms with Crippen LogP contribution in [0.5, 0.6) is 0 Å². The van der Waals surface area contributed by atoms with Crippen molar-refractivity contribution >= 4 is 33.3 Å². The molecule has 4 rings (SSSR count). The zero-order valence-corrected chi connectivity index (χ0v) is 22.4. The molecule has 0 saturated heterocycles. The highest BCUT2D eigenvalue weighted by molar-refractivity contribution is 7.92. The number of benzene rings is 3. The third-order valence-corrected chi connectivity index (χ3v) is 8.42. The SMILES string of the molecule is Cc1cc(C)c(NC(=O)CCCOC(=O)c2cccc(S(=O)(=O)N3c4ccccc4CC3C)c2)c(C)c1. The number of esters is 1. The van der Waals surface area contributed by atoms with Crippen LogP contribution in [0.3, 0.4) is 0 Å². The Balaban J connectivity index is 1.35. The van der Waals surface area contributed by atoms with E-state index < -0.39 is 16.0 Å². The van der Waals surface area contributed by atoms with E-state index in [1.54, 1.807) is 6.07 Å². The summed E-state index contributed by atoms with van der Waals surface area (Å²) in [5, 5.41) is 2.94. The standard InChI is InChI=1S/C29H32N2O5S/c1-19-15-20(2)28(21(3)16-19)30-27(32)13-8-14-36-29(33)24-10-7-11-25(18-24)37(34,35)31-22(4)17-23-9-5-6-12-26(23)31/h5-7,9-12,15-16,18,22H,8,13-14,17H2,1-4H3,(H,30,32). The zero-order valence-electron chi connectivity index (χ0n) is 21.6. The van der Waals surface area contributed by atoms with E-state index in [-0.39, 0.29) is 35.4 Å². The summed E-state index contributed by atoms with van der Waals surface area (Å²) in [6.45, 7) is 7.83. The van der Waals surface area contributed by atoms with Gasteiger partial charge in [-0.05, 0) is 81.5 Å². The summed E-state index contributed by atoms with van der Waals surface area (Å²) in [4.78, 5) is 25.1. The summed E-state index contributed by atoms with van der Waals surface area (Å²) in [6, 6.07) is 17.1. The number of fused-ring (bicyclic) bond motifs is 1. The molecule has 7 nitrogen and oxygen atoms in total. The van der Waals surface area contributed by atoms with E-state index in [1.165, 1.54) is 28.6 Å². The number of para-hydroxylation sites is 1. The third kappa shape index (κ3) is 5.69. The number of carbonyl (C=O) groups excluding carboxylic acids is 2. The predicted molar refractivity (Wildman–Crippen MR) is 145 cm³/mol. The lowest BCUT2D eigenvalue weighted by Gasteiger charge is -2.24. The molecule has 1 amide bonds. The van der Waals surface area contributed by atoms with Crippen molar-refractivity contribution in [3.63, 3.8) is 0 Å². The van der Waals surface area contributed by atoms with E-state index in [9.17, 15) is 18.0 Å². The summed E-state index contributed by atoms with van der Waals surface area (Å²) in [6.07, 6.45) is 1.18. The second kappa shape index (κ2) is 10.8. The van der Waals surface area contributed by atoms with Crippen molar-refractivity contribution in [3.05, 3.63) is 88.5 Å². The first kappa shape index (κ1) is 26.4. The fraction of sp³-hybridized carbons (Fsp3) is 0.310. The van der Waals surface area contributed by atoms with Crippen molar-refractivity contribution in [1.29, 1.82) is 0 Å². The van der Waals surface area contributed by atoms with Gasteiger partial charge in [0.15, 0.2) is 0 Å². The Labute approximate surface area is 218 Å². The highest BCUT2D eigenvalue weighted by atomic mass is 32.2. The molecule has 3 aromatic carbocycles. The number of aryl methyl sites for hydroxylation is 3. The lowest BCUT2D eigenvalue weighted by Crippen LogP contribution is -2.35. The molecule has 0 aliphatic carbocycles. The van der Waals surface area contributed by atoms with E-state index >= 15 is 0 Å². The maximum Gasteiger partial charge on any atom is 0.338 e. The van der Waals surface area contributed by atoms with Gasteiger partial charge in [0, 0.05) is 18.2 Å². The maximum absolute atomic E-state index is 13.5. The van der Waals surface area contributed by atoms with E-state index in [1.807, 2.05) is 58.0 Å². The van der Waals surface area contributed by atoms with Crippen molar-refractivity contribution in [2.75, 3.05) is 16.2 Å². The molecule has 0 bridgehead atoms. The second-order valence-corrected chi connectivity index (χ2v) is 11.4. The Morgan fingerprint density at radius 3 is 2.43 bits per heavy atom. The number of anilines is 2. The van der Waals surface area contributed by atoms with Gasteiger partial charge in [0.25, 0.3) is 10.0 Å². The highest BCUT2D eigenvalue weighted by Crippen LogP contribution is 2.36. The second-order valence-electron chi connectivity index (χ2n) is 9.57. The first-order valence-electron chi connectivity index (χ1n) is 12.3. The minimum Gasteiger partial charge on any atom is -0.462 e. The van der Waals surface area contributed by atoms with Crippen LogP contribution in [0.4, 0.5) is 11.4 Å². The lowest BCUT2D eigenvalue weighted by atomic mass is 10.0. The van der Waals surface area contributed by atoms with Gasteiger partial charge in [-0.1, -0.05) is 42.0 Å². The van der Waals surface area contributed by atoms with Gasteiger partial charge in [-0.25, -0.2) is 13.2 Å². The molecule has 3 aromatic rings. The molecule has 1 unspecified atom stereocenters. The molecule has 0 saturated carbocycles. The number of ether oxygens (including phenoxy) is 1. The number of carbonyl (C=O) groups is 2. The molecule has 8 heteroatoms. The van der Waals surface area contributed by atoms with Crippen LogP contribution in [0.15, 0.2) is 65.6 Å². The average molecular weight is 521 g/mol. The summed E-state index contributed by atoms with van der Waals surface area (Å²) < 4.78 is 33.7. The summed E-state index contributed by atoms with van der Waals surface area (Å²) >= 11 is 0. The lowest BCUT2D eigenvalue weighted by molar-refractivity contribution is -0.116. The third-order valence-electron chi connectivity index (χ3n) is 6.49. The number of nitrogens with one attached hydrogen (secondary N) is 1. The number of hydrogen-bond acceptors (Lipinski definition) is 5. The van der Waals surface area contributed by atoms with E-state index in [4.69, 9.17) is 4.74 Å². The van der Waals surface area contributed by atoms with Crippen molar-refractivity contribution in [1.82, 2.24) is 0 Å². The highest BCUT2D eigenvalue weighted by Gasteiger charge is 2.36. The normalized spacial score (nSPS) is 14.8. The Bertz CT molecular complexity index is 1430. The monoisotopic (exact) mass is 520 g/mol.